The van der Waals surface area contributed by atoms with E-state index < -0.39 is 6.04 Å². The van der Waals surface area contributed by atoms with Gasteiger partial charge in [0.1, 0.15) is 6.04 Å². The lowest BCUT2D eigenvalue weighted by Crippen LogP contribution is -2.49. The maximum atomic E-state index is 13.0. The van der Waals surface area contributed by atoms with Crippen LogP contribution in [0.4, 0.5) is 5.69 Å². The van der Waals surface area contributed by atoms with Crippen molar-refractivity contribution in [2.45, 2.75) is 32.2 Å². The highest BCUT2D eigenvalue weighted by atomic mass is 35.5. The van der Waals surface area contributed by atoms with Gasteiger partial charge in [-0.3, -0.25) is 19.3 Å². The number of imide groups is 1. The second-order valence-electron chi connectivity index (χ2n) is 7.05. The predicted octanol–water partition coefficient (Wildman–Crippen LogP) is 1.93. The van der Waals surface area contributed by atoms with E-state index in [9.17, 15) is 14.4 Å². The number of hydrogen-bond donors (Lipinski definition) is 0. The Morgan fingerprint density at radius 3 is 2.54 bits per heavy atom. The number of carbonyl (C=O) groups is 3. The standard InChI is InChI=1S/C20H26ClN3O4/c1-2-3-18(25)23(9-8-22-10-12-28-13-11-22)17-14-19(26)24(20(17)27)16-6-4-15(21)5-7-16/h4-7,17H,2-3,8-14H2,1H3. The summed E-state index contributed by atoms with van der Waals surface area (Å²) in [5.41, 5.74) is 0.484. The Bertz CT molecular complexity index is 719. The number of halogens is 1. The van der Waals surface area contributed by atoms with Gasteiger partial charge in [0.2, 0.25) is 11.8 Å². The van der Waals surface area contributed by atoms with Crippen molar-refractivity contribution < 1.29 is 19.1 Å². The Balaban J connectivity index is 1.75. The minimum Gasteiger partial charge on any atom is -0.379 e. The molecule has 0 N–H and O–H groups in total. The summed E-state index contributed by atoms with van der Waals surface area (Å²) in [6.45, 7) is 5.99. The van der Waals surface area contributed by atoms with E-state index >= 15 is 0 Å². The largest absolute Gasteiger partial charge is 0.379 e. The van der Waals surface area contributed by atoms with E-state index in [0.717, 1.165) is 13.1 Å². The molecule has 2 aliphatic rings. The van der Waals surface area contributed by atoms with Crippen molar-refractivity contribution in [1.29, 1.82) is 0 Å². The van der Waals surface area contributed by atoms with Gasteiger partial charge in [-0.25, -0.2) is 4.90 Å². The Kier molecular flexibility index (Phi) is 7.04. The fraction of sp³-hybridized carbons (Fsp3) is 0.550. The number of carbonyl (C=O) groups excluding carboxylic acids is 3. The van der Waals surface area contributed by atoms with Crippen LogP contribution in [0.5, 0.6) is 0 Å². The van der Waals surface area contributed by atoms with E-state index in [-0.39, 0.29) is 24.1 Å². The first kappa shape index (κ1) is 20.8. The summed E-state index contributed by atoms with van der Waals surface area (Å²) in [4.78, 5) is 43.3. The van der Waals surface area contributed by atoms with Crippen molar-refractivity contribution in [2.75, 3.05) is 44.3 Å². The van der Waals surface area contributed by atoms with Crippen LogP contribution in [0.25, 0.3) is 0 Å². The molecule has 8 heteroatoms. The topological polar surface area (TPSA) is 70.2 Å². The third-order valence-electron chi connectivity index (χ3n) is 5.13. The maximum Gasteiger partial charge on any atom is 0.257 e. The Morgan fingerprint density at radius 1 is 1.21 bits per heavy atom. The molecule has 2 fully saturated rings. The summed E-state index contributed by atoms with van der Waals surface area (Å²) in [5, 5.41) is 0.532. The number of ether oxygens (including phenoxy) is 1. The molecular weight excluding hydrogens is 382 g/mol. The summed E-state index contributed by atoms with van der Waals surface area (Å²) >= 11 is 5.91. The number of benzene rings is 1. The van der Waals surface area contributed by atoms with Gasteiger partial charge in [-0.2, -0.15) is 0 Å². The van der Waals surface area contributed by atoms with Gasteiger partial charge in [-0.15, -0.1) is 0 Å². The van der Waals surface area contributed by atoms with Gasteiger partial charge >= 0.3 is 0 Å². The zero-order valence-corrected chi connectivity index (χ0v) is 16.9. The fourth-order valence-electron chi connectivity index (χ4n) is 3.61. The van der Waals surface area contributed by atoms with Gasteiger partial charge in [-0.05, 0) is 30.7 Å². The molecule has 3 rings (SSSR count). The third-order valence-corrected chi connectivity index (χ3v) is 5.38. The van der Waals surface area contributed by atoms with E-state index in [1.807, 2.05) is 6.92 Å². The Hall–Kier alpha value is -1.96. The molecule has 0 aliphatic carbocycles. The van der Waals surface area contributed by atoms with E-state index in [0.29, 0.717) is 49.9 Å². The molecule has 0 spiro atoms. The van der Waals surface area contributed by atoms with Crippen LogP contribution >= 0.6 is 11.6 Å². The van der Waals surface area contributed by atoms with Crippen LogP contribution in [0.15, 0.2) is 24.3 Å². The molecule has 0 aromatic heterocycles. The molecule has 2 aliphatic heterocycles. The number of amides is 3. The molecule has 152 valence electrons. The quantitative estimate of drug-likeness (QED) is 0.646. The number of rotatable bonds is 7. The zero-order valence-electron chi connectivity index (χ0n) is 16.1. The lowest BCUT2D eigenvalue weighted by molar-refractivity contribution is -0.138. The van der Waals surface area contributed by atoms with Crippen molar-refractivity contribution in [3.63, 3.8) is 0 Å². The molecule has 2 heterocycles. The molecule has 0 bridgehead atoms. The fourth-order valence-corrected chi connectivity index (χ4v) is 3.73. The van der Waals surface area contributed by atoms with Gasteiger partial charge in [0.05, 0.1) is 25.3 Å². The highest BCUT2D eigenvalue weighted by Crippen LogP contribution is 2.27. The Morgan fingerprint density at radius 2 is 1.89 bits per heavy atom. The van der Waals surface area contributed by atoms with Gasteiger partial charge in [-0.1, -0.05) is 18.5 Å². The molecule has 0 radical (unpaired) electrons. The van der Waals surface area contributed by atoms with E-state index in [1.54, 1.807) is 29.2 Å². The number of morpholine rings is 1. The third kappa shape index (κ3) is 4.71. The first-order chi connectivity index (χ1) is 13.5. The average Bonchev–Trinajstić information content (AvgIpc) is 2.98. The van der Waals surface area contributed by atoms with E-state index in [4.69, 9.17) is 16.3 Å². The summed E-state index contributed by atoms with van der Waals surface area (Å²) in [6, 6.07) is 5.83. The smallest absolute Gasteiger partial charge is 0.257 e. The van der Waals surface area contributed by atoms with Crippen molar-refractivity contribution in [3.05, 3.63) is 29.3 Å². The maximum absolute atomic E-state index is 13.0. The molecule has 28 heavy (non-hydrogen) atoms. The molecule has 2 saturated heterocycles. The molecule has 1 aromatic rings. The van der Waals surface area contributed by atoms with Crippen molar-refractivity contribution in [1.82, 2.24) is 9.80 Å². The van der Waals surface area contributed by atoms with Crippen LogP contribution in [-0.4, -0.2) is 73.0 Å². The highest BCUT2D eigenvalue weighted by Gasteiger charge is 2.44. The minimum absolute atomic E-state index is 0.0139. The first-order valence-electron chi connectivity index (χ1n) is 9.73. The zero-order chi connectivity index (χ0) is 20.1. The average molecular weight is 408 g/mol. The molecule has 1 unspecified atom stereocenters. The monoisotopic (exact) mass is 407 g/mol. The molecule has 7 nitrogen and oxygen atoms in total. The lowest BCUT2D eigenvalue weighted by atomic mass is 10.1. The van der Waals surface area contributed by atoms with Gasteiger partial charge in [0, 0.05) is 37.6 Å². The predicted molar refractivity (Wildman–Crippen MR) is 106 cm³/mol. The van der Waals surface area contributed by atoms with E-state index in [2.05, 4.69) is 4.90 Å². The van der Waals surface area contributed by atoms with Crippen LogP contribution < -0.4 is 4.90 Å². The van der Waals surface area contributed by atoms with E-state index in [1.165, 1.54) is 4.90 Å². The summed E-state index contributed by atoms with van der Waals surface area (Å²) in [7, 11) is 0. The molecule has 3 amide bonds. The molecule has 1 aromatic carbocycles. The molecule has 0 saturated carbocycles. The van der Waals surface area contributed by atoms with Crippen LogP contribution in [0, 0.1) is 0 Å². The lowest BCUT2D eigenvalue weighted by Gasteiger charge is -2.32. The van der Waals surface area contributed by atoms with Crippen LogP contribution in [0.3, 0.4) is 0 Å². The molecular formula is C20H26ClN3O4. The summed E-state index contributed by atoms with van der Waals surface area (Å²) < 4.78 is 5.36. The van der Waals surface area contributed by atoms with Crippen molar-refractivity contribution >= 4 is 35.0 Å². The van der Waals surface area contributed by atoms with Crippen molar-refractivity contribution in [2.24, 2.45) is 0 Å². The second kappa shape index (κ2) is 9.49. The van der Waals surface area contributed by atoms with Gasteiger partial charge in [0.15, 0.2) is 0 Å². The second-order valence-corrected chi connectivity index (χ2v) is 7.49. The Labute approximate surface area is 170 Å². The van der Waals surface area contributed by atoms with Gasteiger partial charge < -0.3 is 9.64 Å². The first-order valence-corrected chi connectivity index (χ1v) is 10.1. The SMILES string of the molecule is CCCC(=O)N(CCN1CCOCC1)C1CC(=O)N(c2ccc(Cl)cc2)C1=O. The number of anilines is 1. The van der Waals surface area contributed by atoms with Crippen LogP contribution in [0.1, 0.15) is 26.2 Å². The normalized spacial score (nSPS) is 20.6. The highest BCUT2D eigenvalue weighted by molar-refractivity contribution is 6.30. The van der Waals surface area contributed by atoms with Crippen LogP contribution in [-0.2, 0) is 19.1 Å². The number of hydrogen-bond acceptors (Lipinski definition) is 5. The summed E-state index contributed by atoms with van der Waals surface area (Å²) in [5.74, 6) is -0.725. The summed E-state index contributed by atoms with van der Waals surface area (Å²) in [6.07, 6.45) is 1.07. The molecule has 1 atom stereocenters. The van der Waals surface area contributed by atoms with Crippen molar-refractivity contribution in [3.8, 4) is 0 Å². The van der Waals surface area contributed by atoms with Crippen LogP contribution in [0.2, 0.25) is 5.02 Å². The number of nitrogens with zero attached hydrogens (tertiary/aromatic N) is 3. The minimum atomic E-state index is -0.747. The van der Waals surface area contributed by atoms with Gasteiger partial charge in [0.25, 0.3) is 5.91 Å².